The Morgan fingerprint density at radius 2 is 1.68 bits per heavy atom. The molecule has 2 heteroatoms. The maximum absolute atomic E-state index is 5.69. The zero-order valence-electron chi connectivity index (χ0n) is 11.2. The largest absolute Gasteiger partial charge is 0.497 e. The van der Waals surface area contributed by atoms with Gasteiger partial charge in [-0.1, -0.05) is 36.3 Å². The number of benzene rings is 2. The Balaban J connectivity index is 2.27. The maximum atomic E-state index is 5.69. The number of nitrogens with zero attached hydrogens (tertiary/aromatic N) is 1. The molecule has 2 rings (SSSR count). The molecule has 0 aliphatic heterocycles. The van der Waals surface area contributed by atoms with E-state index in [9.17, 15) is 0 Å². The molecule has 0 N–H and O–H groups in total. The summed E-state index contributed by atoms with van der Waals surface area (Å²) in [5.41, 5.74) is 2.18. The van der Waals surface area contributed by atoms with Gasteiger partial charge >= 0.3 is 0 Å². The smallest absolute Gasteiger partial charge is 0.118 e. The van der Waals surface area contributed by atoms with Crippen LogP contribution in [0.25, 0.3) is 0 Å². The molecular weight excluding hydrogens is 234 g/mol. The first-order valence-electron chi connectivity index (χ1n) is 6.14. The summed E-state index contributed by atoms with van der Waals surface area (Å²) >= 11 is 0. The molecule has 0 fully saturated rings. The molecule has 0 aliphatic rings. The summed E-state index contributed by atoms with van der Waals surface area (Å²) in [4.78, 5) is 2.09. The van der Waals surface area contributed by atoms with Gasteiger partial charge in [-0.05, 0) is 29.8 Å². The molecule has 0 amide bonds. The van der Waals surface area contributed by atoms with Crippen LogP contribution in [0.1, 0.15) is 11.6 Å². The van der Waals surface area contributed by atoms with Gasteiger partial charge in [0.2, 0.25) is 0 Å². The fraction of sp³-hybridized carbons (Fsp3) is 0.176. The standard InChI is InChI=1S/C17H17NO/c1-4-17(14-10-12-16(19-3)13-11-14)18(2)15-8-6-5-7-9-15/h1,5-13,17H,2-3H3/t17-/m0/s1. The summed E-state index contributed by atoms with van der Waals surface area (Å²) in [7, 11) is 3.66. The average Bonchev–Trinajstić information content (AvgIpc) is 2.49. The molecule has 0 saturated carbocycles. The van der Waals surface area contributed by atoms with E-state index < -0.39 is 0 Å². The second-order valence-electron chi connectivity index (χ2n) is 4.29. The number of terminal acetylenes is 1. The lowest BCUT2D eigenvalue weighted by Gasteiger charge is -2.26. The molecule has 2 aromatic rings. The van der Waals surface area contributed by atoms with Gasteiger partial charge in [0.25, 0.3) is 0 Å². The van der Waals surface area contributed by atoms with Crippen LogP contribution in [0.5, 0.6) is 5.75 Å². The van der Waals surface area contributed by atoms with Crippen molar-refractivity contribution in [3.05, 3.63) is 60.2 Å². The van der Waals surface area contributed by atoms with Gasteiger partial charge in [-0.15, -0.1) is 6.42 Å². The maximum Gasteiger partial charge on any atom is 0.118 e. The number of methoxy groups -OCH3 is 1. The number of rotatable bonds is 4. The minimum Gasteiger partial charge on any atom is -0.497 e. The van der Waals surface area contributed by atoms with E-state index >= 15 is 0 Å². The normalized spacial score (nSPS) is 11.4. The third kappa shape index (κ3) is 2.89. The van der Waals surface area contributed by atoms with Crippen molar-refractivity contribution in [1.29, 1.82) is 0 Å². The number of ether oxygens (including phenoxy) is 1. The Hall–Kier alpha value is -2.40. The molecular formula is C17H17NO. The third-order valence-electron chi connectivity index (χ3n) is 3.14. The van der Waals surface area contributed by atoms with Crippen LogP contribution >= 0.6 is 0 Å². The van der Waals surface area contributed by atoms with Gasteiger partial charge in [0.1, 0.15) is 11.8 Å². The molecule has 0 unspecified atom stereocenters. The second-order valence-corrected chi connectivity index (χ2v) is 4.29. The number of anilines is 1. The van der Waals surface area contributed by atoms with Crippen LogP contribution < -0.4 is 9.64 Å². The van der Waals surface area contributed by atoms with Crippen LogP contribution in [0.15, 0.2) is 54.6 Å². The van der Waals surface area contributed by atoms with Gasteiger partial charge in [0, 0.05) is 12.7 Å². The highest BCUT2D eigenvalue weighted by Crippen LogP contribution is 2.26. The van der Waals surface area contributed by atoms with Crippen molar-refractivity contribution < 1.29 is 4.74 Å². The van der Waals surface area contributed by atoms with Gasteiger partial charge in [0.15, 0.2) is 0 Å². The van der Waals surface area contributed by atoms with Crippen LogP contribution in [-0.4, -0.2) is 14.2 Å². The zero-order valence-corrected chi connectivity index (χ0v) is 11.2. The lowest BCUT2D eigenvalue weighted by molar-refractivity contribution is 0.414. The quantitative estimate of drug-likeness (QED) is 0.771. The summed E-state index contributed by atoms with van der Waals surface area (Å²) in [6.07, 6.45) is 5.69. The van der Waals surface area contributed by atoms with E-state index in [0.717, 1.165) is 17.0 Å². The van der Waals surface area contributed by atoms with Crippen molar-refractivity contribution in [3.8, 4) is 18.1 Å². The highest BCUT2D eigenvalue weighted by Gasteiger charge is 2.14. The van der Waals surface area contributed by atoms with Crippen LogP contribution in [0.3, 0.4) is 0 Å². The minimum atomic E-state index is -0.0895. The Morgan fingerprint density at radius 3 is 2.21 bits per heavy atom. The minimum absolute atomic E-state index is 0.0895. The summed E-state index contributed by atoms with van der Waals surface area (Å²) in [5.74, 6) is 3.67. The van der Waals surface area contributed by atoms with E-state index in [1.807, 2.05) is 61.6 Å². The molecule has 2 aromatic carbocycles. The van der Waals surface area contributed by atoms with Gasteiger partial charge in [-0.25, -0.2) is 0 Å². The molecule has 0 spiro atoms. The second kappa shape index (κ2) is 5.97. The van der Waals surface area contributed by atoms with Gasteiger partial charge in [-0.2, -0.15) is 0 Å². The fourth-order valence-corrected chi connectivity index (χ4v) is 2.03. The van der Waals surface area contributed by atoms with Crippen molar-refractivity contribution in [2.75, 3.05) is 19.1 Å². The fourth-order valence-electron chi connectivity index (χ4n) is 2.03. The molecule has 2 nitrogen and oxygen atoms in total. The number of hydrogen-bond acceptors (Lipinski definition) is 2. The predicted molar refractivity (Wildman–Crippen MR) is 79.4 cm³/mol. The lowest BCUT2D eigenvalue weighted by Crippen LogP contribution is -2.22. The van der Waals surface area contributed by atoms with Crippen molar-refractivity contribution in [3.63, 3.8) is 0 Å². The SMILES string of the molecule is C#C[C@@H](c1ccc(OC)cc1)N(C)c1ccccc1. The van der Waals surface area contributed by atoms with Crippen molar-refractivity contribution >= 4 is 5.69 Å². The van der Waals surface area contributed by atoms with Crippen molar-refractivity contribution in [1.82, 2.24) is 0 Å². The number of hydrogen-bond donors (Lipinski definition) is 0. The summed E-state index contributed by atoms with van der Waals surface area (Å²) in [6, 6.07) is 17.9. The Morgan fingerprint density at radius 1 is 1.05 bits per heavy atom. The van der Waals surface area contributed by atoms with Crippen LogP contribution in [0.2, 0.25) is 0 Å². The van der Waals surface area contributed by atoms with E-state index in [4.69, 9.17) is 11.2 Å². The summed E-state index contributed by atoms with van der Waals surface area (Å²) in [6.45, 7) is 0. The van der Waals surface area contributed by atoms with E-state index in [1.54, 1.807) is 7.11 Å². The summed E-state index contributed by atoms with van der Waals surface area (Å²) in [5, 5.41) is 0. The molecule has 0 saturated heterocycles. The Kier molecular flexibility index (Phi) is 4.10. The number of para-hydroxylation sites is 1. The Bertz CT molecular complexity index is 554. The predicted octanol–water partition coefficient (Wildman–Crippen LogP) is 3.51. The molecule has 0 bridgehead atoms. The zero-order chi connectivity index (χ0) is 13.7. The molecule has 1 atom stereocenters. The van der Waals surface area contributed by atoms with Gasteiger partial charge < -0.3 is 9.64 Å². The summed E-state index contributed by atoms with van der Waals surface area (Å²) < 4.78 is 5.16. The van der Waals surface area contributed by atoms with Gasteiger partial charge in [0.05, 0.1) is 7.11 Å². The topological polar surface area (TPSA) is 12.5 Å². The first kappa shape index (κ1) is 13.0. The lowest BCUT2D eigenvalue weighted by atomic mass is 10.1. The highest BCUT2D eigenvalue weighted by molar-refractivity contribution is 5.50. The van der Waals surface area contributed by atoms with Crippen LogP contribution in [-0.2, 0) is 0 Å². The van der Waals surface area contributed by atoms with Crippen LogP contribution in [0, 0.1) is 12.3 Å². The molecule has 0 aromatic heterocycles. The monoisotopic (exact) mass is 251 g/mol. The molecule has 0 heterocycles. The third-order valence-corrected chi connectivity index (χ3v) is 3.14. The van der Waals surface area contributed by atoms with Crippen LogP contribution in [0.4, 0.5) is 5.69 Å². The first-order chi connectivity index (χ1) is 9.26. The van der Waals surface area contributed by atoms with E-state index in [-0.39, 0.29) is 6.04 Å². The van der Waals surface area contributed by atoms with Gasteiger partial charge in [-0.3, -0.25) is 0 Å². The first-order valence-corrected chi connectivity index (χ1v) is 6.14. The van der Waals surface area contributed by atoms with E-state index in [0.29, 0.717) is 0 Å². The van der Waals surface area contributed by atoms with Crippen molar-refractivity contribution in [2.24, 2.45) is 0 Å². The molecule has 0 radical (unpaired) electrons. The average molecular weight is 251 g/mol. The van der Waals surface area contributed by atoms with E-state index in [2.05, 4.69) is 10.8 Å². The van der Waals surface area contributed by atoms with Crippen molar-refractivity contribution in [2.45, 2.75) is 6.04 Å². The highest BCUT2D eigenvalue weighted by atomic mass is 16.5. The molecule has 96 valence electrons. The molecule has 19 heavy (non-hydrogen) atoms. The molecule has 0 aliphatic carbocycles. The van der Waals surface area contributed by atoms with E-state index in [1.165, 1.54) is 0 Å². The Labute approximate surface area is 114 Å².